The molecule has 94 valence electrons. The van der Waals surface area contributed by atoms with Crippen LogP contribution in [-0.4, -0.2) is 24.0 Å². The van der Waals surface area contributed by atoms with Gasteiger partial charge in [0.25, 0.3) is 0 Å². The summed E-state index contributed by atoms with van der Waals surface area (Å²) in [5, 5.41) is 3.48. The van der Waals surface area contributed by atoms with Crippen molar-refractivity contribution in [3.63, 3.8) is 0 Å². The molecule has 1 aromatic rings. The van der Waals surface area contributed by atoms with E-state index in [2.05, 4.69) is 21.2 Å². The van der Waals surface area contributed by atoms with Crippen molar-refractivity contribution < 1.29 is 4.79 Å². The highest BCUT2D eigenvalue weighted by molar-refractivity contribution is 9.10. The van der Waals surface area contributed by atoms with Gasteiger partial charge < -0.3 is 10.2 Å². The summed E-state index contributed by atoms with van der Waals surface area (Å²) >= 11 is 9.44. The van der Waals surface area contributed by atoms with Crippen molar-refractivity contribution in [2.45, 2.75) is 20.8 Å². The van der Waals surface area contributed by atoms with E-state index in [9.17, 15) is 4.79 Å². The predicted molar refractivity (Wildman–Crippen MR) is 75.8 cm³/mol. The number of urea groups is 1. The van der Waals surface area contributed by atoms with Gasteiger partial charge in [-0.25, -0.2) is 4.79 Å². The standard InChI is InChI=1S/C12H16BrClN2O/c1-4-16(5-2)12(17)15-11-7-10(14)8(3)6-9(11)13/h6-7H,4-5H2,1-3H3,(H,15,17). The first kappa shape index (κ1) is 14.3. The fourth-order valence-corrected chi connectivity index (χ4v) is 2.17. The average Bonchev–Trinajstić information content (AvgIpc) is 2.27. The van der Waals surface area contributed by atoms with Crippen LogP contribution in [0.3, 0.4) is 0 Å². The number of halogens is 2. The number of rotatable bonds is 3. The molecular weight excluding hydrogens is 304 g/mol. The molecule has 0 aromatic heterocycles. The van der Waals surface area contributed by atoms with Gasteiger partial charge in [-0.2, -0.15) is 0 Å². The highest BCUT2D eigenvalue weighted by Gasteiger charge is 2.12. The molecule has 0 atom stereocenters. The molecule has 1 rings (SSSR count). The van der Waals surface area contributed by atoms with Crippen LogP contribution in [0.1, 0.15) is 19.4 Å². The molecule has 0 unspecified atom stereocenters. The number of carbonyl (C=O) groups is 1. The lowest BCUT2D eigenvalue weighted by molar-refractivity contribution is 0.217. The van der Waals surface area contributed by atoms with Gasteiger partial charge >= 0.3 is 6.03 Å². The highest BCUT2D eigenvalue weighted by Crippen LogP contribution is 2.29. The number of hydrogen-bond acceptors (Lipinski definition) is 1. The molecule has 0 spiro atoms. The number of hydrogen-bond donors (Lipinski definition) is 1. The lowest BCUT2D eigenvalue weighted by atomic mass is 10.2. The Morgan fingerprint density at radius 2 is 2.00 bits per heavy atom. The molecule has 2 amide bonds. The van der Waals surface area contributed by atoms with Crippen LogP contribution in [0, 0.1) is 6.92 Å². The van der Waals surface area contributed by atoms with Crippen LogP contribution in [0.4, 0.5) is 10.5 Å². The van der Waals surface area contributed by atoms with Crippen LogP contribution in [0.5, 0.6) is 0 Å². The average molecular weight is 320 g/mol. The monoisotopic (exact) mass is 318 g/mol. The van der Waals surface area contributed by atoms with Gasteiger partial charge in [0.05, 0.1) is 5.69 Å². The van der Waals surface area contributed by atoms with Crippen molar-refractivity contribution in [1.29, 1.82) is 0 Å². The zero-order chi connectivity index (χ0) is 13.0. The Kier molecular flexibility index (Phi) is 5.28. The minimum absolute atomic E-state index is 0.115. The van der Waals surface area contributed by atoms with E-state index >= 15 is 0 Å². The summed E-state index contributed by atoms with van der Waals surface area (Å²) in [6, 6.07) is 3.53. The molecule has 0 bridgehead atoms. The van der Waals surface area contributed by atoms with E-state index in [0.717, 1.165) is 10.0 Å². The van der Waals surface area contributed by atoms with Crippen LogP contribution in [-0.2, 0) is 0 Å². The zero-order valence-electron chi connectivity index (χ0n) is 10.2. The minimum atomic E-state index is -0.115. The van der Waals surface area contributed by atoms with Gasteiger partial charge in [-0.3, -0.25) is 0 Å². The van der Waals surface area contributed by atoms with E-state index in [0.29, 0.717) is 23.8 Å². The molecule has 1 N–H and O–H groups in total. The molecule has 3 nitrogen and oxygen atoms in total. The second-order valence-corrected chi connectivity index (χ2v) is 4.95. The maximum Gasteiger partial charge on any atom is 0.321 e. The Hall–Kier alpha value is -0.740. The Balaban J connectivity index is 2.88. The number of carbonyl (C=O) groups excluding carboxylic acids is 1. The number of benzene rings is 1. The third kappa shape index (κ3) is 3.61. The van der Waals surface area contributed by atoms with Gasteiger partial charge in [-0.1, -0.05) is 11.6 Å². The third-order valence-corrected chi connectivity index (χ3v) is 3.60. The molecule has 0 aliphatic rings. The predicted octanol–water partition coefficient (Wildman–Crippen LogP) is 4.28. The van der Waals surface area contributed by atoms with E-state index in [1.165, 1.54) is 0 Å². The summed E-state index contributed by atoms with van der Waals surface area (Å²) in [6.45, 7) is 7.17. The molecular formula is C12H16BrClN2O. The number of nitrogens with zero attached hydrogens (tertiary/aromatic N) is 1. The molecule has 0 aliphatic heterocycles. The summed E-state index contributed by atoms with van der Waals surface area (Å²) in [5.74, 6) is 0. The van der Waals surface area contributed by atoms with Crippen molar-refractivity contribution in [3.05, 3.63) is 27.2 Å². The quantitative estimate of drug-likeness (QED) is 0.886. The van der Waals surface area contributed by atoms with Crippen molar-refractivity contribution in [3.8, 4) is 0 Å². The molecule has 0 aliphatic carbocycles. The van der Waals surface area contributed by atoms with E-state index in [1.54, 1.807) is 11.0 Å². The normalized spacial score (nSPS) is 10.2. The summed E-state index contributed by atoms with van der Waals surface area (Å²) in [6.07, 6.45) is 0. The number of anilines is 1. The molecule has 0 radical (unpaired) electrons. The summed E-state index contributed by atoms with van der Waals surface area (Å²) in [4.78, 5) is 13.6. The first-order valence-corrected chi connectivity index (χ1v) is 6.68. The zero-order valence-corrected chi connectivity index (χ0v) is 12.5. The van der Waals surface area contributed by atoms with Crippen molar-refractivity contribution in [2.24, 2.45) is 0 Å². The maximum atomic E-state index is 11.9. The van der Waals surface area contributed by atoms with Crippen LogP contribution >= 0.6 is 27.5 Å². The third-order valence-electron chi connectivity index (χ3n) is 2.54. The maximum absolute atomic E-state index is 11.9. The molecule has 17 heavy (non-hydrogen) atoms. The van der Waals surface area contributed by atoms with Gasteiger partial charge in [0.1, 0.15) is 0 Å². The Bertz CT molecular complexity index is 419. The Morgan fingerprint density at radius 1 is 1.41 bits per heavy atom. The molecule has 5 heteroatoms. The van der Waals surface area contributed by atoms with Crippen LogP contribution in [0.15, 0.2) is 16.6 Å². The number of nitrogens with one attached hydrogen (secondary N) is 1. The number of aryl methyl sites for hydroxylation is 1. The fourth-order valence-electron chi connectivity index (χ4n) is 1.45. The highest BCUT2D eigenvalue weighted by atomic mass is 79.9. The SMILES string of the molecule is CCN(CC)C(=O)Nc1cc(Cl)c(C)cc1Br. The topological polar surface area (TPSA) is 32.3 Å². The van der Waals surface area contributed by atoms with Gasteiger partial charge in [0.15, 0.2) is 0 Å². The van der Waals surface area contributed by atoms with Crippen molar-refractivity contribution in [1.82, 2.24) is 4.90 Å². The second-order valence-electron chi connectivity index (χ2n) is 3.68. The summed E-state index contributed by atoms with van der Waals surface area (Å²) in [5.41, 5.74) is 1.66. The van der Waals surface area contributed by atoms with Gasteiger partial charge in [-0.15, -0.1) is 0 Å². The molecule has 1 aromatic carbocycles. The van der Waals surface area contributed by atoms with E-state index in [1.807, 2.05) is 26.8 Å². The molecule has 0 saturated carbocycles. The Morgan fingerprint density at radius 3 is 2.53 bits per heavy atom. The van der Waals surface area contributed by atoms with Gasteiger partial charge in [0.2, 0.25) is 0 Å². The summed E-state index contributed by atoms with van der Waals surface area (Å²) in [7, 11) is 0. The Labute approximate surface area is 115 Å². The lowest BCUT2D eigenvalue weighted by Crippen LogP contribution is -2.34. The first-order chi connectivity index (χ1) is 7.99. The molecule has 0 fully saturated rings. The second kappa shape index (κ2) is 6.26. The van der Waals surface area contributed by atoms with Crippen molar-refractivity contribution >= 4 is 39.2 Å². The van der Waals surface area contributed by atoms with Crippen LogP contribution < -0.4 is 5.32 Å². The smallest absolute Gasteiger partial charge is 0.321 e. The molecule has 0 saturated heterocycles. The van der Waals surface area contributed by atoms with E-state index in [4.69, 9.17) is 11.6 Å². The van der Waals surface area contributed by atoms with E-state index < -0.39 is 0 Å². The van der Waals surface area contributed by atoms with Crippen LogP contribution in [0.2, 0.25) is 5.02 Å². The minimum Gasteiger partial charge on any atom is -0.325 e. The van der Waals surface area contributed by atoms with E-state index in [-0.39, 0.29) is 6.03 Å². The van der Waals surface area contributed by atoms with Gasteiger partial charge in [-0.05, 0) is 54.4 Å². The number of amides is 2. The van der Waals surface area contributed by atoms with Crippen LogP contribution in [0.25, 0.3) is 0 Å². The fraction of sp³-hybridized carbons (Fsp3) is 0.417. The van der Waals surface area contributed by atoms with Gasteiger partial charge in [0, 0.05) is 22.6 Å². The largest absolute Gasteiger partial charge is 0.325 e. The summed E-state index contributed by atoms with van der Waals surface area (Å²) < 4.78 is 0.833. The first-order valence-electron chi connectivity index (χ1n) is 5.51. The van der Waals surface area contributed by atoms with Crippen molar-refractivity contribution in [2.75, 3.05) is 18.4 Å². The lowest BCUT2D eigenvalue weighted by Gasteiger charge is -2.20. The molecule has 0 heterocycles.